The van der Waals surface area contributed by atoms with Crippen LogP contribution in [-0.4, -0.2) is 27.3 Å². The average molecular weight is 243 g/mol. The van der Waals surface area contributed by atoms with E-state index in [4.69, 9.17) is 0 Å². The minimum atomic E-state index is 0. The zero-order valence-corrected chi connectivity index (χ0v) is 6.88. The van der Waals surface area contributed by atoms with E-state index >= 15 is 0 Å². The molecular weight excluding hydrogens is 243 g/mol. The van der Waals surface area contributed by atoms with Crippen molar-refractivity contribution < 1.29 is 29.8 Å². The first-order valence-corrected chi connectivity index (χ1v) is 0. The molecule has 0 saturated carbocycles. The summed E-state index contributed by atoms with van der Waals surface area (Å²) in [6.07, 6.45) is 0. The quantitative estimate of drug-likeness (QED) is 0.395. The van der Waals surface area contributed by atoms with Gasteiger partial charge in [-0.1, -0.05) is 0 Å². The molecule has 0 aliphatic rings. The molecule has 0 spiro atoms. The summed E-state index contributed by atoms with van der Waals surface area (Å²) in [6.45, 7) is 0. The molecule has 0 aromatic heterocycles. The summed E-state index contributed by atoms with van der Waals surface area (Å²) in [7, 11) is 0. The molecule has 16 valence electrons. The van der Waals surface area contributed by atoms with Crippen LogP contribution in [0.2, 0.25) is 0 Å². The van der Waals surface area contributed by atoms with Gasteiger partial charge < -0.3 is 11.0 Å². The molecule has 2 nitrogen and oxygen atoms in total. The Bertz CT molecular complexity index is 6.00. The topological polar surface area (TPSA) is 57.0 Å². The molecule has 0 aliphatic carbocycles. The summed E-state index contributed by atoms with van der Waals surface area (Å²) in [5, 5.41) is 0. The Morgan fingerprint density at radius 3 is 0.750 bits per heavy atom. The predicted octanol–water partition coefficient (Wildman–Crippen LogP) is -3.61. The SMILES string of the molecule is [Li+].[O-2].[O-2].[Tl+3]. The maximum atomic E-state index is 0. The van der Waals surface area contributed by atoms with Gasteiger partial charge in [0.15, 0.2) is 0 Å². The van der Waals surface area contributed by atoms with E-state index in [9.17, 15) is 0 Å². The molecular formula is LiO2Tl. The third kappa shape index (κ3) is 9.88. The van der Waals surface area contributed by atoms with Crippen molar-refractivity contribution in [2.45, 2.75) is 0 Å². The van der Waals surface area contributed by atoms with Crippen LogP contribution in [-0.2, 0) is 11.0 Å². The third-order valence-corrected chi connectivity index (χ3v) is 0. The molecule has 0 unspecified atom stereocenters. The van der Waals surface area contributed by atoms with Crippen LogP contribution in [0.1, 0.15) is 0 Å². The van der Waals surface area contributed by atoms with Crippen molar-refractivity contribution in [3.8, 4) is 0 Å². The van der Waals surface area contributed by atoms with E-state index in [0.29, 0.717) is 0 Å². The molecule has 4 heteroatoms. The van der Waals surface area contributed by atoms with Gasteiger partial charge >= 0.3 is 46.2 Å². The van der Waals surface area contributed by atoms with Gasteiger partial charge in [-0.2, -0.15) is 0 Å². The molecule has 0 aliphatic heterocycles. The third-order valence-electron chi connectivity index (χ3n) is 0. The molecule has 0 atom stereocenters. The van der Waals surface area contributed by atoms with Crippen LogP contribution in [0.3, 0.4) is 0 Å². The molecule has 0 heterocycles. The van der Waals surface area contributed by atoms with Gasteiger partial charge in [-0.25, -0.2) is 0 Å². The second-order valence-electron chi connectivity index (χ2n) is 0. The van der Waals surface area contributed by atoms with Crippen molar-refractivity contribution in [2.24, 2.45) is 0 Å². The molecule has 0 aromatic carbocycles. The van der Waals surface area contributed by atoms with Gasteiger partial charge in [0.05, 0.1) is 0 Å². The van der Waals surface area contributed by atoms with Gasteiger partial charge in [0.1, 0.15) is 0 Å². The number of hydrogen-bond acceptors (Lipinski definition) is 0. The second kappa shape index (κ2) is 25.3. The summed E-state index contributed by atoms with van der Waals surface area (Å²) < 4.78 is 0. The molecule has 0 amide bonds. The van der Waals surface area contributed by atoms with Crippen LogP contribution >= 0.6 is 0 Å². The van der Waals surface area contributed by atoms with Crippen LogP contribution < -0.4 is 18.9 Å². The Kier molecular flexibility index (Phi) is 328. The van der Waals surface area contributed by atoms with Crippen molar-refractivity contribution in [1.82, 2.24) is 0 Å². The van der Waals surface area contributed by atoms with Crippen molar-refractivity contribution in [2.75, 3.05) is 0 Å². The molecule has 0 fully saturated rings. The summed E-state index contributed by atoms with van der Waals surface area (Å²) >= 11 is 0. The van der Waals surface area contributed by atoms with Crippen LogP contribution in [0.4, 0.5) is 0 Å². The molecule has 0 N–H and O–H groups in total. The van der Waals surface area contributed by atoms with Gasteiger partial charge in [0.2, 0.25) is 0 Å². The Labute approximate surface area is 56.9 Å². The maximum Gasteiger partial charge on any atom is 3.00 e. The van der Waals surface area contributed by atoms with E-state index in [1.165, 1.54) is 0 Å². The van der Waals surface area contributed by atoms with Crippen LogP contribution in [0, 0.1) is 0 Å². The van der Waals surface area contributed by atoms with E-state index in [1.54, 1.807) is 0 Å². The molecule has 0 bridgehead atoms. The standard InChI is InChI=1S/Li.2O.Tl/q+1;2*-2;+3. The van der Waals surface area contributed by atoms with E-state index in [1.807, 2.05) is 0 Å². The average Bonchev–Trinajstić information content (AvgIpc) is 0. The Hall–Kier alpha value is 1.44. The number of hydrogen-bond donors (Lipinski definition) is 0. The van der Waals surface area contributed by atoms with Gasteiger partial charge in [-0.15, -0.1) is 0 Å². The zero-order valence-electron chi connectivity index (χ0n) is 2.39. The van der Waals surface area contributed by atoms with Gasteiger partial charge in [-0.05, 0) is 0 Å². The Morgan fingerprint density at radius 1 is 0.750 bits per heavy atom. The van der Waals surface area contributed by atoms with Crippen molar-refractivity contribution in [3.63, 3.8) is 0 Å². The van der Waals surface area contributed by atoms with Crippen molar-refractivity contribution >= 4 is 27.3 Å². The normalized spacial score (nSPS) is 0. The summed E-state index contributed by atoms with van der Waals surface area (Å²) in [6, 6.07) is 0. The Balaban J connectivity index is 0. The molecule has 0 rings (SSSR count). The minimum absolute atomic E-state index is 0. The molecule has 0 saturated heterocycles. The second-order valence-corrected chi connectivity index (χ2v) is 0. The molecule has 4 heavy (non-hydrogen) atoms. The fourth-order valence-electron chi connectivity index (χ4n) is 0. The van der Waals surface area contributed by atoms with E-state index in [-0.39, 0.29) is 57.1 Å². The first-order chi connectivity index (χ1) is 0. The van der Waals surface area contributed by atoms with Crippen molar-refractivity contribution in [1.29, 1.82) is 0 Å². The summed E-state index contributed by atoms with van der Waals surface area (Å²) in [4.78, 5) is 0. The van der Waals surface area contributed by atoms with E-state index in [2.05, 4.69) is 0 Å². The van der Waals surface area contributed by atoms with Crippen LogP contribution in [0.15, 0.2) is 0 Å². The van der Waals surface area contributed by atoms with E-state index < -0.39 is 0 Å². The zero-order chi connectivity index (χ0) is 0. The minimum Gasteiger partial charge on any atom is -2.00 e. The predicted molar refractivity (Wildman–Crippen MR) is 7.13 cm³/mol. The maximum absolute atomic E-state index is 0. The fraction of sp³-hybridized carbons (Fsp3) is 0. The van der Waals surface area contributed by atoms with Gasteiger partial charge in [-0.3, -0.25) is 0 Å². The first kappa shape index (κ1) is 51.7. The van der Waals surface area contributed by atoms with Gasteiger partial charge in [0.25, 0.3) is 0 Å². The largest absolute Gasteiger partial charge is 3.00 e. The Morgan fingerprint density at radius 2 is 0.750 bits per heavy atom. The van der Waals surface area contributed by atoms with Crippen LogP contribution in [0.25, 0.3) is 0 Å². The summed E-state index contributed by atoms with van der Waals surface area (Å²) in [5.41, 5.74) is 0. The monoisotopic (exact) mass is 244 g/mol. The first-order valence-electron chi connectivity index (χ1n) is 0. The molecule has 0 radical (unpaired) electrons. The van der Waals surface area contributed by atoms with Crippen LogP contribution in [0.5, 0.6) is 0 Å². The van der Waals surface area contributed by atoms with E-state index in [0.717, 1.165) is 0 Å². The number of rotatable bonds is 0. The fourth-order valence-corrected chi connectivity index (χ4v) is 0. The smallest absolute Gasteiger partial charge is 2.00 e. The molecule has 0 aromatic rings. The van der Waals surface area contributed by atoms with Crippen molar-refractivity contribution in [3.05, 3.63) is 0 Å². The summed E-state index contributed by atoms with van der Waals surface area (Å²) in [5.74, 6) is 0. The van der Waals surface area contributed by atoms with Gasteiger partial charge in [0, 0.05) is 0 Å².